The maximum Gasteiger partial charge on any atom is 0.234 e. The minimum atomic E-state index is 0.0617. The zero-order chi connectivity index (χ0) is 15.8. The smallest absolute Gasteiger partial charge is 0.234 e. The molecule has 0 radical (unpaired) electrons. The van der Waals surface area contributed by atoms with Crippen molar-refractivity contribution in [1.29, 1.82) is 0 Å². The first-order valence-corrected chi connectivity index (χ1v) is 9.69. The quantitative estimate of drug-likeness (QED) is 0.736. The number of aryl methyl sites for hydroxylation is 1. The molecule has 0 aliphatic heterocycles. The van der Waals surface area contributed by atoms with E-state index in [-0.39, 0.29) is 5.91 Å². The number of anilines is 1. The Hall–Kier alpha value is -1.39. The van der Waals surface area contributed by atoms with Crippen LogP contribution < -0.4 is 5.32 Å². The van der Waals surface area contributed by atoms with Crippen LogP contribution in [-0.2, 0) is 17.0 Å². The Morgan fingerprint density at radius 1 is 1.09 bits per heavy atom. The Balaban J connectivity index is 1.80. The Labute approximate surface area is 141 Å². The van der Waals surface area contributed by atoms with Crippen molar-refractivity contribution in [3.63, 3.8) is 0 Å². The molecule has 22 heavy (non-hydrogen) atoms. The molecule has 0 atom stereocenters. The highest BCUT2D eigenvalue weighted by atomic mass is 32.2. The van der Waals surface area contributed by atoms with E-state index < -0.39 is 0 Å². The van der Waals surface area contributed by atoms with E-state index in [1.807, 2.05) is 18.2 Å². The standard InChI is InChI=1S/C18H21NOS2/c1-3-15-6-4-5-7-17(15)19-18(20)13-22-12-14-8-10-16(21-2)11-9-14/h4-11H,3,12-13H2,1-2H3,(H,19,20). The summed E-state index contributed by atoms with van der Waals surface area (Å²) in [6, 6.07) is 16.5. The Morgan fingerprint density at radius 2 is 1.82 bits per heavy atom. The molecule has 4 heteroatoms. The van der Waals surface area contributed by atoms with Gasteiger partial charge in [-0.05, 0) is 42.0 Å². The van der Waals surface area contributed by atoms with Crippen LogP contribution in [0, 0.1) is 0 Å². The van der Waals surface area contributed by atoms with Gasteiger partial charge in [0.15, 0.2) is 0 Å². The molecule has 1 N–H and O–H groups in total. The number of hydrogen-bond donors (Lipinski definition) is 1. The minimum Gasteiger partial charge on any atom is -0.325 e. The number of thioether (sulfide) groups is 2. The van der Waals surface area contributed by atoms with Crippen LogP contribution in [0.3, 0.4) is 0 Å². The van der Waals surface area contributed by atoms with Crippen LogP contribution in [0.1, 0.15) is 18.1 Å². The largest absolute Gasteiger partial charge is 0.325 e. The summed E-state index contributed by atoms with van der Waals surface area (Å²) in [7, 11) is 0. The van der Waals surface area contributed by atoms with Crippen molar-refractivity contribution < 1.29 is 4.79 Å². The average Bonchev–Trinajstić information content (AvgIpc) is 2.56. The molecular formula is C18H21NOS2. The van der Waals surface area contributed by atoms with E-state index in [1.165, 1.54) is 16.0 Å². The highest BCUT2D eigenvalue weighted by Crippen LogP contribution is 2.19. The lowest BCUT2D eigenvalue weighted by molar-refractivity contribution is -0.113. The molecule has 2 aromatic carbocycles. The lowest BCUT2D eigenvalue weighted by Crippen LogP contribution is -2.15. The molecule has 0 aromatic heterocycles. The molecule has 0 aliphatic rings. The predicted octanol–water partition coefficient (Wildman–Crippen LogP) is 4.84. The molecule has 0 bridgehead atoms. The third-order valence-corrected chi connectivity index (χ3v) is 5.08. The second-order valence-electron chi connectivity index (χ2n) is 4.90. The summed E-state index contributed by atoms with van der Waals surface area (Å²) in [5, 5.41) is 3.00. The van der Waals surface area contributed by atoms with E-state index in [0.717, 1.165) is 17.9 Å². The van der Waals surface area contributed by atoms with Gasteiger partial charge in [-0.15, -0.1) is 23.5 Å². The first-order valence-electron chi connectivity index (χ1n) is 7.31. The number of nitrogens with one attached hydrogen (secondary N) is 1. The predicted molar refractivity (Wildman–Crippen MR) is 98.8 cm³/mol. The van der Waals surface area contributed by atoms with Crippen molar-refractivity contribution in [3.05, 3.63) is 59.7 Å². The molecule has 0 aliphatic carbocycles. The first-order chi connectivity index (χ1) is 10.7. The lowest BCUT2D eigenvalue weighted by atomic mass is 10.1. The summed E-state index contributed by atoms with van der Waals surface area (Å²) in [4.78, 5) is 13.3. The van der Waals surface area contributed by atoms with Crippen LogP contribution >= 0.6 is 23.5 Å². The van der Waals surface area contributed by atoms with Gasteiger partial charge in [0, 0.05) is 16.3 Å². The summed E-state index contributed by atoms with van der Waals surface area (Å²) in [5.41, 5.74) is 3.36. The number of rotatable bonds is 7. The van der Waals surface area contributed by atoms with Crippen LogP contribution in [0.25, 0.3) is 0 Å². The van der Waals surface area contributed by atoms with Crippen LogP contribution in [0.15, 0.2) is 53.4 Å². The van der Waals surface area contributed by atoms with Crippen molar-refractivity contribution in [2.75, 3.05) is 17.3 Å². The normalized spacial score (nSPS) is 10.5. The van der Waals surface area contributed by atoms with Gasteiger partial charge in [0.2, 0.25) is 5.91 Å². The van der Waals surface area contributed by atoms with Crippen molar-refractivity contribution in [2.45, 2.75) is 24.0 Å². The molecule has 2 rings (SSSR count). The average molecular weight is 332 g/mol. The number of amides is 1. The summed E-state index contributed by atoms with van der Waals surface area (Å²) in [5.74, 6) is 1.39. The van der Waals surface area contributed by atoms with Gasteiger partial charge in [0.05, 0.1) is 5.75 Å². The molecule has 0 spiro atoms. The summed E-state index contributed by atoms with van der Waals surface area (Å²) in [6.45, 7) is 2.10. The molecule has 2 nitrogen and oxygen atoms in total. The van der Waals surface area contributed by atoms with E-state index in [2.05, 4.69) is 48.8 Å². The Kier molecular flexibility index (Phi) is 6.87. The number of para-hydroxylation sites is 1. The molecule has 0 saturated carbocycles. The van der Waals surface area contributed by atoms with Crippen molar-refractivity contribution >= 4 is 35.1 Å². The van der Waals surface area contributed by atoms with Crippen molar-refractivity contribution in [2.24, 2.45) is 0 Å². The second-order valence-corrected chi connectivity index (χ2v) is 6.77. The van der Waals surface area contributed by atoms with Gasteiger partial charge in [0.25, 0.3) is 0 Å². The number of hydrogen-bond acceptors (Lipinski definition) is 3. The van der Waals surface area contributed by atoms with Crippen molar-refractivity contribution in [3.8, 4) is 0 Å². The highest BCUT2D eigenvalue weighted by molar-refractivity contribution is 7.99. The lowest BCUT2D eigenvalue weighted by Gasteiger charge is -2.09. The molecule has 0 saturated heterocycles. The van der Waals surface area contributed by atoms with E-state index in [9.17, 15) is 4.79 Å². The highest BCUT2D eigenvalue weighted by Gasteiger charge is 2.06. The van der Waals surface area contributed by atoms with Gasteiger partial charge in [0.1, 0.15) is 0 Å². The topological polar surface area (TPSA) is 29.1 Å². The monoisotopic (exact) mass is 331 g/mol. The zero-order valence-corrected chi connectivity index (χ0v) is 14.6. The maximum absolute atomic E-state index is 12.0. The minimum absolute atomic E-state index is 0.0617. The SMILES string of the molecule is CCc1ccccc1NC(=O)CSCc1ccc(SC)cc1. The van der Waals surface area contributed by atoms with E-state index in [1.54, 1.807) is 23.5 Å². The van der Waals surface area contributed by atoms with Crippen molar-refractivity contribution in [1.82, 2.24) is 0 Å². The molecule has 0 unspecified atom stereocenters. The zero-order valence-electron chi connectivity index (χ0n) is 13.0. The van der Waals surface area contributed by atoms with Crippen LogP contribution in [0.2, 0.25) is 0 Å². The maximum atomic E-state index is 12.0. The van der Waals surface area contributed by atoms with E-state index in [0.29, 0.717) is 5.75 Å². The van der Waals surface area contributed by atoms with Gasteiger partial charge in [-0.3, -0.25) is 4.79 Å². The number of carbonyl (C=O) groups is 1. The van der Waals surface area contributed by atoms with Crippen LogP contribution in [0.5, 0.6) is 0 Å². The van der Waals surface area contributed by atoms with E-state index >= 15 is 0 Å². The molecule has 0 fully saturated rings. The molecule has 0 heterocycles. The second kappa shape index (κ2) is 8.91. The number of benzene rings is 2. The fourth-order valence-corrected chi connectivity index (χ4v) is 3.32. The molecule has 2 aromatic rings. The van der Waals surface area contributed by atoms with Gasteiger partial charge in [-0.25, -0.2) is 0 Å². The Bertz CT molecular complexity index is 611. The fraction of sp³-hybridized carbons (Fsp3) is 0.278. The Morgan fingerprint density at radius 3 is 2.50 bits per heavy atom. The molecule has 116 valence electrons. The molecule has 1 amide bonds. The van der Waals surface area contributed by atoms with Gasteiger partial charge < -0.3 is 5.32 Å². The third-order valence-electron chi connectivity index (χ3n) is 3.33. The van der Waals surface area contributed by atoms with Gasteiger partial charge >= 0.3 is 0 Å². The van der Waals surface area contributed by atoms with Crippen LogP contribution in [0.4, 0.5) is 5.69 Å². The third kappa shape index (κ3) is 5.11. The molecular weight excluding hydrogens is 310 g/mol. The fourth-order valence-electron chi connectivity index (χ4n) is 2.12. The number of carbonyl (C=O) groups excluding carboxylic acids is 1. The first kappa shape index (κ1) is 17.0. The van der Waals surface area contributed by atoms with Gasteiger partial charge in [-0.2, -0.15) is 0 Å². The van der Waals surface area contributed by atoms with Gasteiger partial charge in [-0.1, -0.05) is 37.3 Å². The summed E-state index contributed by atoms with van der Waals surface area (Å²) in [6.07, 6.45) is 2.99. The van der Waals surface area contributed by atoms with E-state index in [4.69, 9.17) is 0 Å². The summed E-state index contributed by atoms with van der Waals surface area (Å²) < 4.78 is 0. The summed E-state index contributed by atoms with van der Waals surface area (Å²) >= 11 is 3.38. The van der Waals surface area contributed by atoms with Crippen LogP contribution in [-0.4, -0.2) is 17.9 Å².